The van der Waals surface area contributed by atoms with Crippen LogP contribution in [0, 0.1) is 0 Å². The fourth-order valence-corrected chi connectivity index (χ4v) is 1.37. The monoisotopic (exact) mass is 244 g/mol. The smallest absolute Gasteiger partial charge is 0.305 e. The molecule has 0 fully saturated rings. The van der Waals surface area contributed by atoms with Crippen LogP contribution in [-0.4, -0.2) is 32.8 Å². The van der Waals surface area contributed by atoms with E-state index in [4.69, 9.17) is 5.11 Å². The van der Waals surface area contributed by atoms with Crippen molar-refractivity contribution in [2.24, 2.45) is 0 Å². The molecule has 2 aromatic rings. The molecule has 0 saturated carbocycles. The van der Waals surface area contributed by atoms with Crippen LogP contribution in [-0.2, 0) is 4.79 Å². The Morgan fingerprint density at radius 2 is 2.06 bits per heavy atom. The summed E-state index contributed by atoms with van der Waals surface area (Å²) < 4.78 is 0. The van der Waals surface area contributed by atoms with Gasteiger partial charge in [-0.05, 0) is 24.3 Å². The van der Waals surface area contributed by atoms with Crippen LogP contribution < -0.4 is 5.32 Å². The zero-order chi connectivity index (χ0) is 12.8. The van der Waals surface area contributed by atoms with Gasteiger partial charge in [0.25, 0.3) is 0 Å². The molecule has 2 rings (SSSR count). The minimum atomic E-state index is -0.847. The summed E-state index contributed by atoms with van der Waals surface area (Å²) in [5, 5.41) is 19.4. The van der Waals surface area contributed by atoms with Crippen molar-refractivity contribution in [3.05, 3.63) is 36.5 Å². The third kappa shape index (κ3) is 3.24. The van der Waals surface area contributed by atoms with Gasteiger partial charge in [0.2, 0.25) is 0 Å². The quantitative estimate of drug-likeness (QED) is 0.827. The van der Waals surface area contributed by atoms with Gasteiger partial charge in [-0.3, -0.25) is 9.78 Å². The first-order valence-electron chi connectivity index (χ1n) is 5.46. The van der Waals surface area contributed by atoms with Gasteiger partial charge in [-0.2, -0.15) is 0 Å². The molecule has 2 N–H and O–H groups in total. The molecule has 0 bridgehead atoms. The van der Waals surface area contributed by atoms with Crippen molar-refractivity contribution in [1.82, 2.24) is 15.2 Å². The van der Waals surface area contributed by atoms with Crippen LogP contribution in [0.25, 0.3) is 11.4 Å². The lowest BCUT2D eigenvalue weighted by atomic mass is 10.2. The number of carboxylic acid groups (broad SMARTS) is 1. The highest BCUT2D eigenvalue weighted by Gasteiger charge is 2.02. The number of hydrogen-bond acceptors (Lipinski definition) is 5. The molecule has 2 heterocycles. The number of nitrogens with one attached hydrogen (secondary N) is 1. The summed E-state index contributed by atoms with van der Waals surface area (Å²) in [7, 11) is 0. The molecule has 0 saturated heterocycles. The molecule has 0 radical (unpaired) electrons. The highest BCUT2D eigenvalue weighted by molar-refractivity contribution is 5.67. The number of rotatable bonds is 5. The van der Waals surface area contributed by atoms with E-state index in [1.165, 1.54) is 0 Å². The van der Waals surface area contributed by atoms with E-state index in [0.29, 0.717) is 18.1 Å². The molecule has 0 amide bonds. The van der Waals surface area contributed by atoms with Crippen molar-refractivity contribution in [3.63, 3.8) is 0 Å². The first kappa shape index (κ1) is 12.0. The first-order valence-corrected chi connectivity index (χ1v) is 5.46. The van der Waals surface area contributed by atoms with E-state index >= 15 is 0 Å². The molecule has 0 unspecified atom stereocenters. The van der Waals surface area contributed by atoms with Crippen molar-refractivity contribution in [2.75, 3.05) is 11.9 Å². The molecule has 92 valence electrons. The van der Waals surface area contributed by atoms with Crippen LogP contribution in [0.5, 0.6) is 0 Å². The van der Waals surface area contributed by atoms with Gasteiger partial charge in [-0.1, -0.05) is 6.07 Å². The number of anilines is 1. The Labute approximate surface area is 104 Å². The SMILES string of the molecule is O=C(O)CCNc1ccc(-c2ccccn2)nn1. The number of hydrogen-bond donors (Lipinski definition) is 2. The van der Waals surface area contributed by atoms with Gasteiger partial charge < -0.3 is 10.4 Å². The Hall–Kier alpha value is -2.50. The second-order valence-corrected chi connectivity index (χ2v) is 3.59. The molecule has 0 aliphatic carbocycles. The maximum absolute atomic E-state index is 10.3. The molecule has 6 heteroatoms. The van der Waals surface area contributed by atoms with Gasteiger partial charge in [-0.25, -0.2) is 0 Å². The average molecular weight is 244 g/mol. The summed E-state index contributed by atoms with van der Waals surface area (Å²) in [6.07, 6.45) is 1.74. The number of aromatic nitrogens is 3. The molecular weight excluding hydrogens is 232 g/mol. The minimum Gasteiger partial charge on any atom is -0.481 e. The summed E-state index contributed by atoms with van der Waals surface area (Å²) in [5.74, 6) is -0.295. The van der Waals surface area contributed by atoms with Gasteiger partial charge >= 0.3 is 5.97 Å². The third-order valence-electron chi connectivity index (χ3n) is 2.24. The number of carbonyl (C=O) groups is 1. The van der Waals surface area contributed by atoms with Crippen LogP contribution in [0.15, 0.2) is 36.5 Å². The predicted molar refractivity (Wildman–Crippen MR) is 66.0 cm³/mol. The van der Waals surface area contributed by atoms with E-state index in [9.17, 15) is 4.79 Å². The van der Waals surface area contributed by atoms with E-state index in [1.807, 2.05) is 18.2 Å². The molecule has 0 atom stereocenters. The lowest BCUT2D eigenvalue weighted by Crippen LogP contribution is -2.09. The zero-order valence-corrected chi connectivity index (χ0v) is 9.58. The lowest BCUT2D eigenvalue weighted by Gasteiger charge is -2.03. The van der Waals surface area contributed by atoms with Crippen molar-refractivity contribution in [3.8, 4) is 11.4 Å². The number of nitrogens with zero attached hydrogens (tertiary/aromatic N) is 3. The fourth-order valence-electron chi connectivity index (χ4n) is 1.37. The maximum Gasteiger partial charge on any atom is 0.305 e. The van der Waals surface area contributed by atoms with Gasteiger partial charge in [0.05, 0.1) is 12.1 Å². The largest absolute Gasteiger partial charge is 0.481 e. The predicted octanol–water partition coefficient (Wildman–Crippen LogP) is 1.43. The fraction of sp³-hybridized carbons (Fsp3) is 0.167. The van der Waals surface area contributed by atoms with E-state index in [-0.39, 0.29) is 6.42 Å². The summed E-state index contributed by atoms with van der Waals surface area (Å²) in [5.41, 5.74) is 1.43. The van der Waals surface area contributed by atoms with Crippen molar-refractivity contribution >= 4 is 11.8 Å². The number of aliphatic carboxylic acids is 1. The summed E-state index contributed by atoms with van der Waals surface area (Å²) >= 11 is 0. The molecule has 6 nitrogen and oxygen atoms in total. The second kappa shape index (κ2) is 5.72. The molecule has 18 heavy (non-hydrogen) atoms. The molecular formula is C12H12N4O2. The topological polar surface area (TPSA) is 88.0 Å². The van der Waals surface area contributed by atoms with E-state index in [0.717, 1.165) is 5.69 Å². The van der Waals surface area contributed by atoms with Gasteiger partial charge in [0, 0.05) is 12.7 Å². The van der Waals surface area contributed by atoms with Crippen LogP contribution in [0.1, 0.15) is 6.42 Å². The minimum absolute atomic E-state index is 0.0453. The van der Waals surface area contributed by atoms with Crippen LogP contribution in [0.2, 0.25) is 0 Å². The second-order valence-electron chi connectivity index (χ2n) is 3.59. The van der Waals surface area contributed by atoms with E-state index in [2.05, 4.69) is 20.5 Å². The Kier molecular flexibility index (Phi) is 3.80. The van der Waals surface area contributed by atoms with Crippen LogP contribution in [0.3, 0.4) is 0 Å². The summed E-state index contributed by atoms with van der Waals surface area (Å²) in [6.45, 7) is 0.326. The highest BCUT2D eigenvalue weighted by atomic mass is 16.4. The third-order valence-corrected chi connectivity index (χ3v) is 2.24. The normalized spacial score (nSPS) is 10.0. The molecule has 0 spiro atoms. The molecule has 2 aromatic heterocycles. The number of carboxylic acids is 1. The van der Waals surface area contributed by atoms with Gasteiger partial charge in [0.15, 0.2) is 0 Å². The van der Waals surface area contributed by atoms with E-state index in [1.54, 1.807) is 18.3 Å². The zero-order valence-electron chi connectivity index (χ0n) is 9.58. The Morgan fingerprint density at radius 1 is 1.17 bits per heavy atom. The van der Waals surface area contributed by atoms with Crippen LogP contribution in [0.4, 0.5) is 5.82 Å². The van der Waals surface area contributed by atoms with Crippen molar-refractivity contribution in [1.29, 1.82) is 0 Å². The Bertz CT molecular complexity index is 513. The Morgan fingerprint density at radius 3 is 2.67 bits per heavy atom. The van der Waals surface area contributed by atoms with E-state index < -0.39 is 5.97 Å². The maximum atomic E-state index is 10.3. The van der Waals surface area contributed by atoms with Crippen molar-refractivity contribution < 1.29 is 9.90 Å². The van der Waals surface area contributed by atoms with Crippen LogP contribution >= 0.6 is 0 Å². The Balaban J connectivity index is 2.00. The summed E-state index contributed by atoms with van der Waals surface area (Å²) in [6, 6.07) is 9.10. The standard InChI is InChI=1S/C12H12N4O2/c17-12(18)6-8-14-11-5-4-10(15-16-11)9-3-1-2-7-13-9/h1-5,7H,6,8H2,(H,14,16)(H,17,18). The van der Waals surface area contributed by atoms with Gasteiger partial charge in [-0.15, -0.1) is 10.2 Å². The molecule has 0 aromatic carbocycles. The first-order chi connectivity index (χ1) is 8.75. The molecule has 0 aliphatic rings. The van der Waals surface area contributed by atoms with Crippen molar-refractivity contribution in [2.45, 2.75) is 6.42 Å². The average Bonchev–Trinajstić information content (AvgIpc) is 2.40. The molecule has 0 aliphatic heterocycles. The number of pyridine rings is 1. The summed E-state index contributed by atoms with van der Waals surface area (Å²) in [4.78, 5) is 14.5. The van der Waals surface area contributed by atoms with Gasteiger partial charge in [0.1, 0.15) is 11.5 Å². The lowest BCUT2D eigenvalue weighted by molar-refractivity contribution is -0.136. The highest BCUT2D eigenvalue weighted by Crippen LogP contribution is 2.13.